The van der Waals surface area contributed by atoms with Crippen molar-refractivity contribution in [3.8, 4) is 11.5 Å². The van der Waals surface area contributed by atoms with Crippen LogP contribution in [0.2, 0.25) is 5.02 Å². The second kappa shape index (κ2) is 6.18. The van der Waals surface area contributed by atoms with E-state index in [-0.39, 0.29) is 28.1 Å². The molecule has 2 aromatic carbocycles. The zero-order valence-electron chi connectivity index (χ0n) is 12.2. The predicted octanol–water partition coefficient (Wildman–Crippen LogP) is 4.70. The quantitative estimate of drug-likeness (QED) is 0.557. The van der Waals surface area contributed by atoms with Crippen molar-refractivity contribution in [3.05, 3.63) is 64.9 Å². The third-order valence-corrected chi connectivity index (χ3v) is 3.65. The number of phenolic OH excluding ortho intramolecular Hbond substituents is 1. The second-order valence-corrected chi connectivity index (χ2v) is 5.31. The largest absolute Gasteiger partial charge is 0.503 e. The molecule has 3 rings (SSSR count). The van der Waals surface area contributed by atoms with E-state index in [1.165, 1.54) is 13.2 Å². The molecule has 4 nitrogen and oxygen atoms in total. The van der Waals surface area contributed by atoms with Crippen molar-refractivity contribution in [3.63, 3.8) is 0 Å². The number of carbonyl (C=O) groups excluding carboxylic acids is 1. The number of hydrogen-bond donors (Lipinski definition) is 1. The summed E-state index contributed by atoms with van der Waals surface area (Å²) in [7, 11) is 1.43. The van der Waals surface area contributed by atoms with E-state index in [1.54, 1.807) is 30.3 Å². The lowest BCUT2D eigenvalue weighted by Crippen LogP contribution is -1.91. The average molecular weight is 329 g/mol. The summed E-state index contributed by atoms with van der Waals surface area (Å²) in [6.45, 7) is 0. The molecule has 1 aromatic heterocycles. The van der Waals surface area contributed by atoms with Gasteiger partial charge in [0, 0.05) is 5.39 Å². The molecule has 0 aliphatic carbocycles. The summed E-state index contributed by atoms with van der Waals surface area (Å²) >= 11 is 5.92. The third-order valence-electron chi connectivity index (χ3n) is 3.37. The van der Waals surface area contributed by atoms with Crippen LogP contribution in [-0.4, -0.2) is 18.0 Å². The van der Waals surface area contributed by atoms with Gasteiger partial charge in [-0.2, -0.15) is 0 Å². The average Bonchev–Trinajstić information content (AvgIpc) is 2.99. The molecule has 0 saturated carbocycles. The fourth-order valence-corrected chi connectivity index (χ4v) is 2.42. The first-order valence-electron chi connectivity index (χ1n) is 6.86. The van der Waals surface area contributed by atoms with Crippen LogP contribution in [0.5, 0.6) is 11.5 Å². The van der Waals surface area contributed by atoms with Crippen LogP contribution in [0.1, 0.15) is 16.1 Å². The number of furan rings is 1. The van der Waals surface area contributed by atoms with Crippen molar-refractivity contribution in [2.45, 2.75) is 0 Å². The van der Waals surface area contributed by atoms with Crippen molar-refractivity contribution in [2.24, 2.45) is 0 Å². The van der Waals surface area contributed by atoms with Gasteiger partial charge in [-0.15, -0.1) is 0 Å². The molecule has 23 heavy (non-hydrogen) atoms. The van der Waals surface area contributed by atoms with E-state index in [2.05, 4.69) is 0 Å². The first-order valence-corrected chi connectivity index (χ1v) is 7.24. The molecule has 0 aliphatic heterocycles. The van der Waals surface area contributed by atoms with Gasteiger partial charge in [-0.3, -0.25) is 4.79 Å². The predicted molar refractivity (Wildman–Crippen MR) is 89.2 cm³/mol. The number of ketones is 1. The summed E-state index contributed by atoms with van der Waals surface area (Å²) < 4.78 is 10.5. The monoisotopic (exact) mass is 328 g/mol. The molecule has 0 bridgehead atoms. The molecular weight excluding hydrogens is 316 g/mol. The third kappa shape index (κ3) is 3.07. The molecule has 0 unspecified atom stereocenters. The highest BCUT2D eigenvalue weighted by molar-refractivity contribution is 6.32. The molecule has 3 aromatic rings. The van der Waals surface area contributed by atoms with Gasteiger partial charge in [-0.1, -0.05) is 35.9 Å². The normalized spacial score (nSPS) is 11.2. The standard InChI is InChI=1S/C18H13ClO4/c1-22-17-9-11(8-13(19)18(17)21)6-7-14(20)16-10-12-4-2-3-5-15(12)23-16/h2-10,21H,1H3/b7-6+. The minimum atomic E-state index is -0.260. The number of fused-ring (bicyclic) bond motifs is 1. The van der Waals surface area contributed by atoms with Crippen molar-refractivity contribution >= 4 is 34.4 Å². The molecule has 1 N–H and O–H groups in total. The van der Waals surface area contributed by atoms with Crippen molar-refractivity contribution in [2.75, 3.05) is 7.11 Å². The van der Waals surface area contributed by atoms with E-state index in [4.69, 9.17) is 20.8 Å². The SMILES string of the molecule is COc1cc(/C=C/C(=O)c2cc3ccccc3o2)cc(Cl)c1O. The number of methoxy groups -OCH3 is 1. The lowest BCUT2D eigenvalue weighted by atomic mass is 10.1. The van der Waals surface area contributed by atoms with Crippen LogP contribution in [0.4, 0.5) is 0 Å². The number of para-hydroxylation sites is 1. The highest BCUT2D eigenvalue weighted by Gasteiger charge is 2.10. The van der Waals surface area contributed by atoms with E-state index >= 15 is 0 Å². The smallest absolute Gasteiger partial charge is 0.221 e. The molecule has 0 saturated heterocycles. The van der Waals surface area contributed by atoms with Gasteiger partial charge in [-0.25, -0.2) is 0 Å². The highest BCUT2D eigenvalue weighted by atomic mass is 35.5. The van der Waals surface area contributed by atoms with Gasteiger partial charge in [0.25, 0.3) is 0 Å². The number of rotatable bonds is 4. The molecule has 116 valence electrons. The van der Waals surface area contributed by atoms with Crippen LogP contribution in [0.25, 0.3) is 17.0 Å². The van der Waals surface area contributed by atoms with Gasteiger partial charge in [0.15, 0.2) is 17.3 Å². The molecule has 0 amide bonds. The Balaban J connectivity index is 1.87. The van der Waals surface area contributed by atoms with Crippen molar-refractivity contribution < 1.29 is 19.1 Å². The fourth-order valence-electron chi connectivity index (χ4n) is 2.20. The van der Waals surface area contributed by atoms with Crippen LogP contribution in [0.3, 0.4) is 0 Å². The molecule has 0 spiro atoms. The molecule has 5 heteroatoms. The first-order chi connectivity index (χ1) is 11.1. The Morgan fingerprint density at radius 3 is 2.78 bits per heavy atom. The van der Waals surface area contributed by atoms with E-state index in [0.717, 1.165) is 5.39 Å². The number of phenols is 1. The number of ether oxygens (including phenoxy) is 1. The number of hydrogen-bond acceptors (Lipinski definition) is 4. The van der Waals surface area contributed by atoms with Crippen LogP contribution in [0.15, 0.2) is 53.0 Å². The Bertz CT molecular complexity index is 876. The van der Waals surface area contributed by atoms with Crippen LogP contribution < -0.4 is 4.74 Å². The number of allylic oxidation sites excluding steroid dienone is 1. The number of carbonyl (C=O) groups is 1. The summed E-state index contributed by atoms with van der Waals surface area (Å²) in [5.41, 5.74) is 1.30. The molecular formula is C18H13ClO4. The number of benzene rings is 2. The van der Waals surface area contributed by atoms with Crippen molar-refractivity contribution in [1.29, 1.82) is 0 Å². The number of aromatic hydroxyl groups is 1. The van der Waals surface area contributed by atoms with E-state index in [1.807, 2.05) is 18.2 Å². The van der Waals surface area contributed by atoms with Gasteiger partial charge in [-0.05, 0) is 35.9 Å². The van der Waals surface area contributed by atoms with Gasteiger partial charge in [0.2, 0.25) is 5.78 Å². The molecule has 0 radical (unpaired) electrons. The lowest BCUT2D eigenvalue weighted by molar-refractivity contribution is 0.102. The topological polar surface area (TPSA) is 59.7 Å². The summed E-state index contributed by atoms with van der Waals surface area (Å²) in [5.74, 6) is 0.118. The maximum absolute atomic E-state index is 12.2. The Hall–Kier alpha value is -2.72. The maximum Gasteiger partial charge on any atom is 0.221 e. The Morgan fingerprint density at radius 1 is 1.26 bits per heavy atom. The Labute approximate surface area is 137 Å². The van der Waals surface area contributed by atoms with Crippen LogP contribution >= 0.6 is 11.6 Å². The highest BCUT2D eigenvalue weighted by Crippen LogP contribution is 2.35. The zero-order valence-corrected chi connectivity index (χ0v) is 13.0. The van der Waals surface area contributed by atoms with Gasteiger partial charge >= 0.3 is 0 Å². The van der Waals surface area contributed by atoms with E-state index in [0.29, 0.717) is 11.1 Å². The summed E-state index contributed by atoms with van der Waals surface area (Å²) in [4.78, 5) is 12.2. The van der Waals surface area contributed by atoms with Gasteiger partial charge in [0.1, 0.15) is 5.58 Å². The van der Waals surface area contributed by atoms with Crippen LogP contribution in [0, 0.1) is 0 Å². The Kier molecular flexibility index (Phi) is 4.08. The van der Waals surface area contributed by atoms with Crippen LogP contribution in [-0.2, 0) is 0 Å². The van der Waals surface area contributed by atoms with Gasteiger partial charge in [0.05, 0.1) is 12.1 Å². The minimum Gasteiger partial charge on any atom is -0.503 e. The molecule has 0 atom stereocenters. The second-order valence-electron chi connectivity index (χ2n) is 4.90. The first kappa shape index (κ1) is 15.2. The van der Waals surface area contributed by atoms with E-state index in [9.17, 15) is 9.90 Å². The Morgan fingerprint density at radius 2 is 2.04 bits per heavy atom. The summed E-state index contributed by atoms with van der Waals surface area (Å²) in [6.07, 6.45) is 2.98. The van der Waals surface area contributed by atoms with Gasteiger partial charge < -0.3 is 14.3 Å². The fraction of sp³-hybridized carbons (Fsp3) is 0.0556. The zero-order chi connectivity index (χ0) is 16.4. The lowest BCUT2D eigenvalue weighted by Gasteiger charge is -2.06. The summed E-state index contributed by atoms with van der Waals surface area (Å²) in [5, 5.41) is 10.7. The summed E-state index contributed by atoms with van der Waals surface area (Å²) in [6, 6.07) is 12.2. The molecule has 0 aliphatic rings. The maximum atomic E-state index is 12.2. The number of halogens is 1. The van der Waals surface area contributed by atoms with E-state index < -0.39 is 0 Å². The molecule has 1 heterocycles. The van der Waals surface area contributed by atoms with Crippen molar-refractivity contribution in [1.82, 2.24) is 0 Å². The molecule has 0 fully saturated rings. The minimum absolute atomic E-state index is 0.130.